The van der Waals surface area contributed by atoms with Gasteiger partial charge in [0.2, 0.25) is 0 Å². The van der Waals surface area contributed by atoms with Gasteiger partial charge in [-0.1, -0.05) is 52.5 Å². The van der Waals surface area contributed by atoms with Crippen LogP contribution in [0.2, 0.25) is 20.2 Å². The van der Waals surface area contributed by atoms with Crippen molar-refractivity contribution in [2.24, 2.45) is 0 Å². The SMILES string of the molecule is C[C@H](NC(=O)c1nc(Cl)c(Cl)c(Cl)c1Cl)c1ccc2c(c1)CCO2. The number of aromatic nitrogens is 1. The van der Waals surface area contributed by atoms with Crippen molar-refractivity contribution in [1.82, 2.24) is 10.3 Å². The summed E-state index contributed by atoms with van der Waals surface area (Å²) in [7, 11) is 0. The molecule has 0 unspecified atom stereocenters. The van der Waals surface area contributed by atoms with Crippen LogP contribution in [0.1, 0.15) is 34.6 Å². The Bertz CT molecular complexity index is 826. The number of ether oxygens (including phenoxy) is 1. The lowest BCUT2D eigenvalue weighted by Crippen LogP contribution is -2.28. The number of pyridine rings is 1. The Morgan fingerprint density at radius 3 is 2.71 bits per heavy atom. The van der Waals surface area contributed by atoms with Crippen LogP contribution < -0.4 is 10.1 Å². The van der Waals surface area contributed by atoms with E-state index in [1.54, 1.807) is 0 Å². The number of fused-ring (bicyclic) bond motifs is 1. The van der Waals surface area contributed by atoms with Gasteiger partial charge in [-0.15, -0.1) is 0 Å². The van der Waals surface area contributed by atoms with Crippen molar-refractivity contribution in [2.75, 3.05) is 6.61 Å². The van der Waals surface area contributed by atoms with Crippen LogP contribution >= 0.6 is 46.4 Å². The molecular weight excluding hydrogens is 394 g/mol. The van der Waals surface area contributed by atoms with Crippen molar-refractivity contribution in [3.63, 3.8) is 0 Å². The largest absolute Gasteiger partial charge is 0.493 e. The van der Waals surface area contributed by atoms with E-state index < -0.39 is 5.91 Å². The van der Waals surface area contributed by atoms with Crippen molar-refractivity contribution < 1.29 is 9.53 Å². The molecule has 0 bridgehead atoms. The third kappa shape index (κ3) is 3.29. The zero-order valence-electron chi connectivity index (χ0n) is 12.5. The number of rotatable bonds is 3. The molecule has 1 aliphatic rings. The molecule has 8 heteroatoms. The van der Waals surface area contributed by atoms with Crippen LogP contribution in [-0.4, -0.2) is 17.5 Å². The topological polar surface area (TPSA) is 51.2 Å². The van der Waals surface area contributed by atoms with Gasteiger partial charge < -0.3 is 10.1 Å². The predicted molar refractivity (Wildman–Crippen MR) is 95.8 cm³/mol. The van der Waals surface area contributed by atoms with Gasteiger partial charge in [-0.05, 0) is 30.2 Å². The molecule has 0 saturated heterocycles. The Kier molecular flexibility index (Phi) is 5.11. The molecule has 0 aliphatic carbocycles. The van der Waals surface area contributed by atoms with Gasteiger partial charge in [-0.2, -0.15) is 0 Å². The highest BCUT2D eigenvalue weighted by Crippen LogP contribution is 2.36. The standard InChI is InChI=1S/C16H12Cl4N2O2/c1-7(8-2-3-10-9(6-8)4-5-24-10)21-16(23)14-12(18)11(17)13(19)15(20)22-14/h2-3,6-7H,4-5H2,1H3,(H,21,23)/t7-/m0/s1. The predicted octanol–water partition coefficient (Wildman–Crippen LogP) is 5.12. The van der Waals surface area contributed by atoms with Crippen molar-refractivity contribution >= 4 is 52.3 Å². The van der Waals surface area contributed by atoms with Crippen LogP contribution in [0, 0.1) is 0 Å². The average molecular weight is 406 g/mol. The minimum atomic E-state index is -0.482. The van der Waals surface area contributed by atoms with Crippen molar-refractivity contribution in [2.45, 2.75) is 19.4 Å². The molecule has 24 heavy (non-hydrogen) atoms. The van der Waals surface area contributed by atoms with Crippen LogP contribution in [0.5, 0.6) is 5.75 Å². The number of carbonyl (C=O) groups excluding carboxylic acids is 1. The molecule has 1 aliphatic heterocycles. The number of benzene rings is 1. The summed E-state index contributed by atoms with van der Waals surface area (Å²) in [5, 5.41) is 2.76. The van der Waals surface area contributed by atoms with E-state index in [0.717, 1.165) is 23.3 Å². The maximum atomic E-state index is 12.5. The summed E-state index contributed by atoms with van der Waals surface area (Å²) in [4.78, 5) is 16.4. The van der Waals surface area contributed by atoms with Gasteiger partial charge in [0.25, 0.3) is 5.91 Å². The van der Waals surface area contributed by atoms with Crippen LogP contribution in [0.25, 0.3) is 0 Å². The van der Waals surface area contributed by atoms with Gasteiger partial charge in [0.1, 0.15) is 16.6 Å². The first kappa shape index (κ1) is 17.6. The fourth-order valence-electron chi connectivity index (χ4n) is 2.46. The third-order valence-corrected chi connectivity index (χ3v) is 5.44. The fraction of sp³-hybridized carbons (Fsp3) is 0.250. The summed E-state index contributed by atoms with van der Waals surface area (Å²) in [6.07, 6.45) is 0.861. The first-order valence-electron chi connectivity index (χ1n) is 7.15. The fourth-order valence-corrected chi connectivity index (χ4v) is 3.28. The normalized spacial score (nSPS) is 14.0. The molecule has 2 aromatic rings. The average Bonchev–Trinajstić information content (AvgIpc) is 3.03. The van der Waals surface area contributed by atoms with E-state index in [2.05, 4.69) is 10.3 Å². The summed E-state index contributed by atoms with van der Waals surface area (Å²) in [5.41, 5.74) is 2.02. The molecule has 0 radical (unpaired) electrons. The summed E-state index contributed by atoms with van der Waals surface area (Å²) < 4.78 is 5.48. The number of carbonyl (C=O) groups is 1. The lowest BCUT2D eigenvalue weighted by Gasteiger charge is -2.16. The van der Waals surface area contributed by atoms with E-state index in [-0.39, 0.29) is 32.0 Å². The first-order valence-corrected chi connectivity index (χ1v) is 8.66. The summed E-state index contributed by atoms with van der Waals surface area (Å²) in [6, 6.07) is 5.58. The van der Waals surface area contributed by atoms with E-state index in [9.17, 15) is 4.79 Å². The minimum Gasteiger partial charge on any atom is -0.493 e. The van der Waals surface area contributed by atoms with Gasteiger partial charge in [-0.25, -0.2) is 4.98 Å². The monoisotopic (exact) mass is 404 g/mol. The lowest BCUT2D eigenvalue weighted by atomic mass is 10.0. The summed E-state index contributed by atoms with van der Waals surface area (Å²) in [6.45, 7) is 2.54. The number of nitrogens with zero attached hydrogens (tertiary/aromatic N) is 1. The van der Waals surface area contributed by atoms with Gasteiger partial charge in [-0.3, -0.25) is 4.79 Å². The molecule has 2 heterocycles. The quantitative estimate of drug-likeness (QED) is 0.720. The second-order valence-corrected chi connectivity index (χ2v) is 6.85. The smallest absolute Gasteiger partial charge is 0.272 e. The molecule has 0 fully saturated rings. The highest BCUT2D eigenvalue weighted by molar-refractivity contribution is 6.52. The molecule has 0 saturated carbocycles. The van der Waals surface area contributed by atoms with Crippen molar-refractivity contribution in [1.29, 1.82) is 0 Å². The second kappa shape index (κ2) is 6.96. The van der Waals surface area contributed by atoms with Crippen LogP contribution in [-0.2, 0) is 6.42 Å². The summed E-state index contributed by atoms with van der Waals surface area (Å²) >= 11 is 23.8. The van der Waals surface area contributed by atoms with E-state index >= 15 is 0 Å². The Morgan fingerprint density at radius 2 is 1.96 bits per heavy atom. The van der Waals surface area contributed by atoms with Crippen LogP contribution in [0.3, 0.4) is 0 Å². The molecule has 1 aromatic carbocycles. The number of hydrogen-bond acceptors (Lipinski definition) is 3. The van der Waals surface area contributed by atoms with Crippen LogP contribution in [0.15, 0.2) is 18.2 Å². The Hall–Kier alpha value is -1.20. The second-order valence-electron chi connectivity index (χ2n) is 5.35. The number of nitrogens with one attached hydrogen (secondary N) is 1. The number of hydrogen-bond donors (Lipinski definition) is 1. The molecular formula is C16H12Cl4N2O2. The van der Waals surface area contributed by atoms with E-state index in [4.69, 9.17) is 51.1 Å². The van der Waals surface area contributed by atoms with E-state index in [1.807, 2.05) is 25.1 Å². The molecule has 1 aromatic heterocycles. The molecule has 3 rings (SSSR count). The third-order valence-electron chi connectivity index (χ3n) is 3.76. The highest BCUT2D eigenvalue weighted by atomic mass is 35.5. The molecule has 1 atom stereocenters. The first-order chi connectivity index (χ1) is 11.4. The van der Waals surface area contributed by atoms with Gasteiger partial charge in [0, 0.05) is 6.42 Å². The Morgan fingerprint density at radius 1 is 1.21 bits per heavy atom. The minimum absolute atomic E-state index is 0.00539. The van der Waals surface area contributed by atoms with Gasteiger partial charge >= 0.3 is 0 Å². The van der Waals surface area contributed by atoms with E-state index in [0.29, 0.717) is 6.61 Å². The van der Waals surface area contributed by atoms with Crippen molar-refractivity contribution in [3.8, 4) is 5.75 Å². The maximum Gasteiger partial charge on any atom is 0.272 e. The molecule has 1 N–H and O–H groups in total. The van der Waals surface area contributed by atoms with Gasteiger partial charge in [0.15, 0.2) is 0 Å². The number of halogens is 4. The van der Waals surface area contributed by atoms with Crippen molar-refractivity contribution in [3.05, 3.63) is 55.2 Å². The van der Waals surface area contributed by atoms with Crippen LogP contribution in [0.4, 0.5) is 0 Å². The molecule has 0 spiro atoms. The maximum absolute atomic E-state index is 12.5. The summed E-state index contributed by atoms with van der Waals surface area (Å²) in [5.74, 6) is 0.406. The molecule has 4 nitrogen and oxygen atoms in total. The highest BCUT2D eigenvalue weighted by Gasteiger charge is 2.22. The zero-order valence-corrected chi connectivity index (χ0v) is 15.5. The van der Waals surface area contributed by atoms with Gasteiger partial charge in [0.05, 0.1) is 27.7 Å². The Balaban J connectivity index is 1.82. The Labute approximate surface area is 159 Å². The lowest BCUT2D eigenvalue weighted by molar-refractivity contribution is 0.0935. The number of amides is 1. The van der Waals surface area contributed by atoms with E-state index in [1.165, 1.54) is 0 Å². The molecule has 1 amide bonds. The molecule has 126 valence electrons. The zero-order chi connectivity index (χ0) is 17.4.